The molecule has 0 bridgehead atoms. The third-order valence-electron chi connectivity index (χ3n) is 3.69. The van der Waals surface area contributed by atoms with Crippen LogP contribution in [0.4, 0.5) is 0 Å². The van der Waals surface area contributed by atoms with Crippen LogP contribution in [0.15, 0.2) is 34.7 Å². The molecule has 0 saturated carbocycles. The third kappa shape index (κ3) is 2.81. The van der Waals surface area contributed by atoms with Crippen LogP contribution in [0.2, 0.25) is 0 Å². The van der Waals surface area contributed by atoms with E-state index < -0.39 is 5.60 Å². The van der Waals surface area contributed by atoms with Gasteiger partial charge < -0.3 is 14.8 Å². The summed E-state index contributed by atoms with van der Waals surface area (Å²) in [6.07, 6.45) is 0.873. The fraction of sp³-hybridized carbons (Fsp3) is 0.467. The van der Waals surface area contributed by atoms with E-state index in [2.05, 4.69) is 24.4 Å². The van der Waals surface area contributed by atoms with E-state index in [1.807, 2.05) is 30.0 Å². The van der Waals surface area contributed by atoms with E-state index in [0.29, 0.717) is 6.54 Å². The molecule has 0 unspecified atom stereocenters. The Labute approximate surface area is 117 Å². The fourth-order valence-corrected chi connectivity index (χ4v) is 3.69. The molecule has 2 aromatic rings. The molecular weight excluding hydrogens is 258 g/mol. The highest BCUT2D eigenvalue weighted by atomic mass is 32.2. The van der Waals surface area contributed by atoms with Crippen molar-refractivity contribution >= 4 is 22.7 Å². The van der Waals surface area contributed by atoms with Gasteiger partial charge >= 0.3 is 0 Å². The number of hydrogen-bond acceptors (Lipinski definition) is 4. The highest BCUT2D eigenvalue weighted by Gasteiger charge is 2.31. The zero-order valence-electron chi connectivity index (χ0n) is 11.1. The van der Waals surface area contributed by atoms with Gasteiger partial charge in [-0.2, -0.15) is 11.8 Å². The average Bonchev–Trinajstić information content (AvgIpc) is 3.02. The second kappa shape index (κ2) is 5.19. The van der Waals surface area contributed by atoms with Crippen molar-refractivity contribution in [1.29, 1.82) is 0 Å². The van der Waals surface area contributed by atoms with Crippen LogP contribution in [0.5, 0.6) is 0 Å². The summed E-state index contributed by atoms with van der Waals surface area (Å²) in [6, 6.07) is 10.2. The second-order valence-electron chi connectivity index (χ2n) is 5.32. The Balaban J connectivity index is 1.68. The van der Waals surface area contributed by atoms with E-state index in [-0.39, 0.29) is 6.04 Å². The summed E-state index contributed by atoms with van der Waals surface area (Å²) in [5.41, 5.74) is 0.367. The van der Waals surface area contributed by atoms with E-state index in [4.69, 9.17) is 4.42 Å². The van der Waals surface area contributed by atoms with Gasteiger partial charge in [-0.1, -0.05) is 18.2 Å². The zero-order valence-corrected chi connectivity index (χ0v) is 11.9. The lowest BCUT2D eigenvalue weighted by atomic mass is 10.0. The summed E-state index contributed by atoms with van der Waals surface area (Å²) in [7, 11) is 0. The largest absolute Gasteiger partial charge is 0.459 e. The van der Waals surface area contributed by atoms with Gasteiger partial charge in [0.15, 0.2) is 0 Å². The maximum atomic E-state index is 10.3. The molecule has 2 atom stereocenters. The van der Waals surface area contributed by atoms with Crippen LogP contribution in [0, 0.1) is 0 Å². The number of aliphatic hydroxyl groups is 1. The van der Waals surface area contributed by atoms with Crippen LogP contribution in [0.1, 0.15) is 25.1 Å². The van der Waals surface area contributed by atoms with Crippen molar-refractivity contribution in [3.05, 3.63) is 36.1 Å². The number of thioether (sulfide) groups is 1. The van der Waals surface area contributed by atoms with Gasteiger partial charge in [0.1, 0.15) is 11.3 Å². The first-order valence-electron chi connectivity index (χ1n) is 6.68. The van der Waals surface area contributed by atoms with Gasteiger partial charge in [-0.3, -0.25) is 0 Å². The van der Waals surface area contributed by atoms with Gasteiger partial charge in [0.2, 0.25) is 0 Å². The predicted molar refractivity (Wildman–Crippen MR) is 79.5 cm³/mol. The molecular formula is C15H19NO2S. The van der Waals surface area contributed by atoms with Crippen molar-refractivity contribution in [2.24, 2.45) is 0 Å². The molecule has 1 saturated heterocycles. The molecule has 1 aliphatic heterocycles. The molecule has 2 heterocycles. The predicted octanol–water partition coefficient (Wildman–Crippen LogP) is 2.95. The van der Waals surface area contributed by atoms with Gasteiger partial charge in [-0.05, 0) is 31.2 Å². The Hall–Kier alpha value is -0.970. The van der Waals surface area contributed by atoms with Crippen molar-refractivity contribution in [2.45, 2.75) is 25.0 Å². The first kappa shape index (κ1) is 13.0. The molecule has 0 aliphatic carbocycles. The van der Waals surface area contributed by atoms with Crippen LogP contribution in [0.3, 0.4) is 0 Å². The van der Waals surface area contributed by atoms with Crippen LogP contribution >= 0.6 is 11.8 Å². The number of nitrogens with one attached hydrogen (secondary N) is 1. The Morgan fingerprint density at radius 1 is 1.47 bits per heavy atom. The SMILES string of the molecule is C[C@H](NC[C@@]1(O)CCSC1)c1cc2ccccc2o1. The number of benzene rings is 1. The minimum Gasteiger partial charge on any atom is -0.459 e. The van der Waals surface area contributed by atoms with Gasteiger partial charge in [-0.15, -0.1) is 0 Å². The third-order valence-corrected chi connectivity index (χ3v) is 4.93. The summed E-state index contributed by atoms with van der Waals surface area (Å²) >= 11 is 1.82. The van der Waals surface area contributed by atoms with Crippen molar-refractivity contribution in [3.8, 4) is 0 Å². The molecule has 0 radical (unpaired) electrons. The van der Waals surface area contributed by atoms with Crippen LogP contribution in [-0.2, 0) is 0 Å². The van der Waals surface area contributed by atoms with Gasteiger partial charge in [0.05, 0.1) is 11.6 Å². The number of rotatable bonds is 4. The van der Waals surface area contributed by atoms with Crippen LogP contribution in [0.25, 0.3) is 11.0 Å². The number of hydrogen-bond donors (Lipinski definition) is 2. The lowest BCUT2D eigenvalue weighted by molar-refractivity contribution is 0.0645. The summed E-state index contributed by atoms with van der Waals surface area (Å²) in [4.78, 5) is 0. The minimum atomic E-state index is -0.551. The molecule has 3 nitrogen and oxygen atoms in total. The lowest BCUT2D eigenvalue weighted by Gasteiger charge is -2.23. The monoisotopic (exact) mass is 277 g/mol. The zero-order chi connectivity index (χ0) is 13.3. The molecule has 19 heavy (non-hydrogen) atoms. The standard InChI is InChI=1S/C15H19NO2S/c1-11(16-9-15(17)6-7-19-10-15)14-8-12-4-2-3-5-13(12)18-14/h2-5,8,11,16-17H,6-7,9-10H2,1H3/t11-,15-/m0/s1. The molecule has 1 aliphatic rings. The maximum absolute atomic E-state index is 10.3. The number of para-hydroxylation sites is 1. The summed E-state index contributed by atoms with van der Waals surface area (Å²) in [6.45, 7) is 2.70. The molecule has 4 heteroatoms. The smallest absolute Gasteiger partial charge is 0.134 e. The first-order valence-corrected chi connectivity index (χ1v) is 7.84. The van der Waals surface area contributed by atoms with E-state index in [1.54, 1.807) is 0 Å². The van der Waals surface area contributed by atoms with E-state index in [9.17, 15) is 5.11 Å². The Kier molecular flexibility index (Phi) is 3.56. The summed E-state index contributed by atoms with van der Waals surface area (Å²) in [5, 5.41) is 14.8. The van der Waals surface area contributed by atoms with Crippen molar-refractivity contribution in [2.75, 3.05) is 18.1 Å². The maximum Gasteiger partial charge on any atom is 0.134 e. The number of furan rings is 1. The molecule has 3 rings (SSSR count). The Morgan fingerprint density at radius 3 is 3.05 bits per heavy atom. The van der Waals surface area contributed by atoms with Gasteiger partial charge in [0, 0.05) is 17.7 Å². The molecule has 2 N–H and O–H groups in total. The normalized spacial score (nSPS) is 24.9. The van der Waals surface area contributed by atoms with E-state index >= 15 is 0 Å². The van der Waals surface area contributed by atoms with E-state index in [0.717, 1.165) is 34.7 Å². The topological polar surface area (TPSA) is 45.4 Å². The van der Waals surface area contributed by atoms with Gasteiger partial charge in [-0.25, -0.2) is 0 Å². The summed E-state index contributed by atoms with van der Waals surface area (Å²) in [5.74, 6) is 2.81. The molecule has 1 aromatic heterocycles. The number of fused-ring (bicyclic) bond motifs is 1. The van der Waals surface area contributed by atoms with Crippen LogP contribution < -0.4 is 5.32 Å². The molecule has 0 spiro atoms. The van der Waals surface area contributed by atoms with Crippen molar-refractivity contribution < 1.29 is 9.52 Å². The molecule has 0 amide bonds. The Bertz CT molecular complexity index is 527. The minimum absolute atomic E-state index is 0.113. The van der Waals surface area contributed by atoms with Gasteiger partial charge in [0.25, 0.3) is 0 Å². The lowest BCUT2D eigenvalue weighted by Crippen LogP contribution is -2.41. The molecule has 1 fully saturated rings. The Morgan fingerprint density at radius 2 is 2.32 bits per heavy atom. The average molecular weight is 277 g/mol. The fourth-order valence-electron chi connectivity index (χ4n) is 2.40. The molecule has 102 valence electrons. The van der Waals surface area contributed by atoms with Crippen LogP contribution in [-0.4, -0.2) is 28.8 Å². The molecule has 1 aromatic carbocycles. The van der Waals surface area contributed by atoms with Crippen molar-refractivity contribution in [1.82, 2.24) is 5.32 Å². The second-order valence-corrected chi connectivity index (χ2v) is 6.42. The quantitative estimate of drug-likeness (QED) is 0.902. The summed E-state index contributed by atoms with van der Waals surface area (Å²) < 4.78 is 5.83. The highest BCUT2D eigenvalue weighted by molar-refractivity contribution is 7.99. The highest BCUT2D eigenvalue weighted by Crippen LogP contribution is 2.28. The van der Waals surface area contributed by atoms with Crippen molar-refractivity contribution in [3.63, 3.8) is 0 Å². The van der Waals surface area contributed by atoms with E-state index in [1.165, 1.54) is 0 Å². The first-order chi connectivity index (χ1) is 9.16.